The van der Waals surface area contributed by atoms with Crippen LogP contribution in [0.25, 0.3) is 0 Å². The Kier molecular flexibility index (Phi) is 8.51. The molecule has 9 nitrogen and oxygen atoms in total. The summed E-state index contributed by atoms with van der Waals surface area (Å²) in [7, 11) is 5.03. The molecule has 2 amide bonds. The molecule has 0 saturated carbocycles. The molecule has 9 heteroatoms. The lowest BCUT2D eigenvalue weighted by atomic mass is 10.1. The largest absolute Gasteiger partial charge is 0.497 e. The molecule has 3 rings (SSSR count). The molecule has 1 N–H and O–H groups in total. The molecule has 1 aromatic rings. The third-order valence-corrected chi connectivity index (χ3v) is 5.96. The van der Waals surface area contributed by atoms with E-state index in [0.717, 1.165) is 38.4 Å². The van der Waals surface area contributed by atoms with E-state index >= 15 is 0 Å². The summed E-state index contributed by atoms with van der Waals surface area (Å²) >= 11 is 0. The van der Waals surface area contributed by atoms with Gasteiger partial charge in [0.2, 0.25) is 11.8 Å². The molecule has 0 spiro atoms. The van der Waals surface area contributed by atoms with Crippen molar-refractivity contribution in [2.24, 2.45) is 0 Å². The summed E-state index contributed by atoms with van der Waals surface area (Å²) in [5.74, 6) is 1.29. The van der Waals surface area contributed by atoms with E-state index in [2.05, 4.69) is 15.1 Å². The van der Waals surface area contributed by atoms with Gasteiger partial charge in [0.15, 0.2) is 0 Å². The number of amides is 2. The van der Waals surface area contributed by atoms with E-state index in [0.29, 0.717) is 37.7 Å². The van der Waals surface area contributed by atoms with Crippen LogP contribution >= 0.6 is 0 Å². The normalized spacial score (nSPS) is 20.2. The molecule has 0 radical (unpaired) electrons. The maximum atomic E-state index is 12.9. The average Bonchev–Trinajstić information content (AvgIpc) is 2.80. The van der Waals surface area contributed by atoms with Crippen LogP contribution in [0.5, 0.6) is 11.5 Å². The monoisotopic (exact) mass is 434 g/mol. The highest BCUT2D eigenvalue weighted by molar-refractivity contribution is 5.88. The number of nitrogens with one attached hydrogen (secondary N) is 1. The summed E-state index contributed by atoms with van der Waals surface area (Å²) in [6.07, 6.45) is 0.157. The maximum absolute atomic E-state index is 12.9. The summed E-state index contributed by atoms with van der Waals surface area (Å²) in [5, 5.41) is 2.90. The van der Waals surface area contributed by atoms with Crippen molar-refractivity contribution in [2.45, 2.75) is 19.0 Å². The van der Waals surface area contributed by atoms with Crippen LogP contribution in [0.1, 0.15) is 12.0 Å². The first-order chi connectivity index (χ1) is 15.0. The van der Waals surface area contributed by atoms with E-state index in [9.17, 15) is 9.59 Å². The van der Waals surface area contributed by atoms with Crippen molar-refractivity contribution in [3.8, 4) is 11.5 Å². The second kappa shape index (κ2) is 11.3. The van der Waals surface area contributed by atoms with Gasteiger partial charge in [-0.25, -0.2) is 0 Å². The molecule has 1 atom stereocenters. The molecule has 0 aliphatic carbocycles. The molecule has 0 unspecified atom stereocenters. The number of hydrogen-bond donors (Lipinski definition) is 1. The number of piperazine rings is 1. The van der Waals surface area contributed by atoms with Gasteiger partial charge in [0.25, 0.3) is 0 Å². The number of rotatable bonds is 9. The number of methoxy groups -OCH3 is 2. The first kappa shape index (κ1) is 23.3. The Balaban J connectivity index is 1.61. The molecule has 2 fully saturated rings. The van der Waals surface area contributed by atoms with Crippen LogP contribution in [0.15, 0.2) is 18.2 Å². The number of likely N-dealkylation sites (N-methyl/N-ethyl adjacent to an activating group) is 1. The van der Waals surface area contributed by atoms with Crippen LogP contribution in [-0.4, -0.2) is 106 Å². The molecule has 0 bridgehead atoms. The lowest BCUT2D eigenvalue weighted by molar-refractivity contribution is -0.138. The van der Waals surface area contributed by atoms with Gasteiger partial charge in [-0.05, 0) is 6.07 Å². The van der Waals surface area contributed by atoms with Gasteiger partial charge in [0.05, 0.1) is 39.9 Å². The molecule has 31 heavy (non-hydrogen) atoms. The van der Waals surface area contributed by atoms with E-state index in [1.54, 1.807) is 26.2 Å². The molecule has 0 aromatic heterocycles. The van der Waals surface area contributed by atoms with Crippen molar-refractivity contribution < 1.29 is 23.8 Å². The average molecular weight is 435 g/mol. The fraction of sp³-hybridized carbons (Fsp3) is 0.636. The zero-order chi connectivity index (χ0) is 22.2. The van der Waals surface area contributed by atoms with E-state index in [1.165, 1.54) is 0 Å². The number of carbonyl (C=O) groups excluding carboxylic acids is 2. The second-order valence-corrected chi connectivity index (χ2v) is 7.93. The summed E-state index contributed by atoms with van der Waals surface area (Å²) in [4.78, 5) is 31.6. The zero-order valence-corrected chi connectivity index (χ0v) is 18.8. The summed E-state index contributed by atoms with van der Waals surface area (Å²) in [6, 6.07) is 5.15. The number of carbonyl (C=O) groups is 2. The Morgan fingerprint density at radius 3 is 2.71 bits per heavy atom. The topological polar surface area (TPSA) is 83.6 Å². The van der Waals surface area contributed by atoms with E-state index in [1.807, 2.05) is 18.2 Å². The van der Waals surface area contributed by atoms with Crippen LogP contribution < -0.4 is 14.8 Å². The van der Waals surface area contributed by atoms with Crippen LogP contribution in [0.3, 0.4) is 0 Å². The Morgan fingerprint density at radius 1 is 1.23 bits per heavy atom. The minimum atomic E-state index is -0.501. The fourth-order valence-corrected chi connectivity index (χ4v) is 3.94. The Hall–Kier alpha value is -2.36. The van der Waals surface area contributed by atoms with Gasteiger partial charge in [0, 0.05) is 64.5 Å². The summed E-state index contributed by atoms with van der Waals surface area (Å²) in [6.45, 7) is 6.48. The lowest BCUT2D eigenvalue weighted by Crippen LogP contribution is -2.56. The van der Waals surface area contributed by atoms with Gasteiger partial charge in [0.1, 0.15) is 11.5 Å². The van der Waals surface area contributed by atoms with Gasteiger partial charge in [-0.1, -0.05) is 6.07 Å². The highest BCUT2D eigenvalue weighted by atomic mass is 16.5. The van der Waals surface area contributed by atoms with Crippen LogP contribution in [0, 0.1) is 0 Å². The van der Waals surface area contributed by atoms with Crippen molar-refractivity contribution >= 4 is 11.8 Å². The van der Waals surface area contributed by atoms with Crippen LogP contribution in [0.2, 0.25) is 0 Å². The van der Waals surface area contributed by atoms with Crippen LogP contribution in [-0.2, 0) is 20.9 Å². The van der Waals surface area contributed by atoms with Gasteiger partial charge >= 0.3 is 0 Å². The first-order valence-corrected chi connectivity index (χ1v) is 10.8. The Bertz CT molecular complexity index is 753. The van der Waals surface area contributed by atoms with E-state index < -0.39 is 6.04 Å². The second-order valence-electron chi connectivity index (χ2n) is 7.93. The SMILES string of the molecule is COc1ccc(CN2CCNC(=O)[C@H]2CC(=O)N(C)CCN2CCOCC2)c(OC)c1. The van der Waals surface area contributed by atoms with Crippen molar-refractivity contribution in [2.75, 3.05) is 73.7 Å². The van der Waals surface area contributed by atoms with E-state index in [4.69, 9.17) is 14.2 Å². The first-order valence-electron chi connectivity index (χ1n) is 10.8. The third kappa shape index (κ3) is 6.32. The van der Waals surface area contributed by atoms with Gasteiger partial charge < -0.3 is 24.4 Å². The zero-order valence-electron chi connectivity index (χ0n) is 18.8. The highest BCUT2D eigenvalue weighted by Gasteiger charge is 2.33. The van der Waals surface area contributed by atoms with Gasteiger partial charge in [-0.2, -0.15) is 0 Å². The minimum absolute atomic E-state index is 0.0259. The molecule has 2 aliphatic heterocycles. The number of benzene rings is 1. The quantitative estimate of drug-likeness (QED) is 0.594. The van der Waals surface area contributed by atoms with Crippen molar-refractivity contribution in [1.29, 1.82) is 0 Å². The molecular formula is C22H34N4O5. The fourth-order valence-electron chi connectivity index (χ4n) is 3.94. The number of nitrogens with zero attached hydrogens (tertiary/aromatic N) is 3. The third-order valence-electron chi connectivity index (χ3n) is 5.96. The van der Waals surface area contributed by atoms with Crippen molar-refractivity contribution in [1.82, 2.24) is 20.0 Å². The predicted octanol–water partition coefficient (Wildman–Crippen LogP) is 0.185. The highest BCUT2D eigenvalue weighted by Crippen LogP contribution is 2.27. The summed E-state index contributed by atoms with van der Waals surface area (Å²) < 4.78 is 16.1. The van der Waals surface area contributed by atoms with Gasteiger partial charge in [-0.3, -0.25) is 19.4 Å². The molecule has 1 aromatic carbocycles. The number of morpholine rings is 1. The maximum Gasteiger partial charge on any atom is 0.237 e. The Labute approximate surface area is 184 Å². The van der Waals surface area contributed by atoms with Crippen molar-refractivity contribution in [3.05, 3.63) is 23.8 Å². The van der Waals surface area contributed by atoms with Crippen molar-refractivity contribution in [3.63, 3.8) is 0 Å². The minimum Gasteiger partial charge on any atom is -0.497 e. The van der Waals surface area contributed by atoms with E-state index in [-0.39, 0.29) is 18.2 Å². The Morgan fingerprint density at radius 2 is 2.00 bits per heavy atom. The number of ether oxygens (including phenoxy) is 3. The molecule has 2 aliphatic rings. The molecule has 172 valence electrons. The summed E-state index contributed by atoms with van der Waals surface area (Å²) in [5.41, 5.74) is 0.955. The molecule has 2 saturated heterocycles. The molecular weight excluding hydrogens is 400 g/mol. The predicted molar refractivity (Wildman–Crippen MR) is 116 cm³/mol. The smallest absolute Gasteiger partial charge is 0.237 e. The number of hydrogen-bond acceptors (Lipinski definition) is 7. The standard InChI is InChI=1S/C22H34N4O5/c1-24(8-9-25-10-12-31-13-11-25)21(27)15-19-22(28)23-6-7-26(19)16-17-4-5-18(29-2)14-20(17)30-3/h4-5,14,19H,6-13,15-16H2,1-3H3,(H,23,28)/t19-/m1/s1. The van der Waals surface area contributed by atoms with Crippen LogP contribution in [0.4, 0.5) is 0 Å². The van der Waals surface area contributed by atoms with Gasteiger partial charge in [-0.15, -0.1) is 0 Å². The lowest BCUT2D eigenvalue weighted by Gasteiger charge is -2.36. The molecule has 2 heterocycles.